The highest BCUT2D eigenvalue weighted by Gasteiger charge is 2.28. The zero-order valence-corrected chi connectivity index (χ0v) is 14.3. The predicted molar refractivity (Wildman–Crippen MR) is 96.5 cm³/mol. The van der Waals surface area contributed by atoms with Gasteiger partial charge in [-0.2, -0.15) is 0 Å². The van der Waals surface area contributed by atoms with Gasteiger partial charge < -0.3 is 4.90 Å². The molecule has 3 heteroatoms. The molecule has 0 aromatic heterocycles. The van der Waals surface area contributed by atoms with Crippen molar-refractivity contribution in [3.8, 4) is 0 Å². The molecule has 2 aromatic rings. The Morgan fingerprint density at radius 2 is 1.70 bits per heavy atom. The lowest BCUT2D eigenvalue weighted by atomic mass is 9.85. The van der Waals surface area contributed by atoms with Crippen LogP contribution >= 0.6 is 11.8 Å². The Bertz CT molecular complexity index is 625. The molecule has 2 aromatic carbocycles. The van der Waals surface area contributed by atoms with E-state index in [1.807, 2.05) is 48.3 Å². The summed E-state index contributed by atoms with van der Waals surface area (Å²) in [4.78, 5) is 16.1. The molecule has 0 radical (unpaired) electrons. The average molecular weight is 325 g/mol. The summed E-state index contributed by atoms with van der Waals surface area (Å²) in [6.45, 7) is 0.886. The number of hydrogen-bond donors (Lipinski definition) is 0. The molecule has 0 bridgehead atoms. The first-order valence-electron chi connectivity index (χ1n) is 8.25. The lowest BCUT2D eigenvalue weighted by Crippen LogP contribution is -2.36. The molecular weight excluding hydrogens is 302 g/mol. The first kappa shape index (κ1) is 16.1. The molecule has 120 valence electrons. The molecule has 0 saturated heterocycles. The number of amides is 1. The van der Waals surface area contributed by atoms with Gasteiger partial charge in [-0.15, -0.1) is 11.8 Å². The number of rotatable bonds is 6. The van der Waals surface area contributed by atoms with Crippen molar-refractivity contribution in [1.29, 1.82) is 0 Å². The molecule has 2 nitrogen and oxygen atoms in total. The van der Waals surface area contributed by atoms with E-state index in [4.69, 9.17) is 0 Å². The molecule has 1 aliphatic carbocycles. The van der Waals surface area contributed by atoms with E-state index in [1.165, 1.54) is 19.3 Å². The van der Waals surface area contributed by atoms with Gasteiger partial charge in [-0.05, 0) is 36.5 Å². The Morgan fingerprint density at radius 3 is 2.26 bits per heavy atom. The first-order chi connectivity index (χ1) is 11.2. The second-order valence-corrected chi connectivity index (χ2v) is 7.42. The van der Waals surface area contributed by atoms with Crippen molar-refractivity contribution >= 4 is 17.7 Å². The maximum absolute atomic E-state index is 13.0. The highest BCUT2D eigenvalue weighted by Crippen LogP contribution is 2.37. The summed E-state index contributed by atoms with van der Waals surface area (Å²) in [5, 5.41) is -0.177. The van der Waals surface area contributed by atoms with E-state index >= 15 is 0 Å². The number of nitrogens with zero attached hydrogens (tertiary/aromatic N) is 1. The normalized spacial score (nSPS) is 15.7. The van der Waals surface area contributed by atoms with Crippen molar-refractivity contribution in [3.63, 3.8) is 0 Å². The van der Waals surface area contributed by atoms with Crippen molar-refractivity contribution < 1.29 is 4.79 Å². The minimum Gasteiger partial charge on any atom is -0.344 e. The smallest absolute Gasteiger partial charge is 0.240 e. The van der Waals surface area contributed by atoms with Crippen LogP contribution in [0.2, 0.25) is 0 Å². The fourth-order valence-corrected chi connectivity index (χ4v) is 4.04. The van der Waals surface area contributed by atoms with Crippen LogP contribution in [0.4, 0.5) is 0 Å². The van der Waals surface area contributed by atoms with Gasteiger partial charge in [-0.25, -0.2) is 0 Å². The van der Waals surface area contributed by atoms with Gasteiger partial charge >= 0.3 is 0 Å². The standard InChI is InChI=1S/C20H23NOS/c1-21(15-16-9-8-10-16)20(22)19(17-11-4-2-5-12-17)23-18-13-6-3-7-14-18/h2-7,11-14,16,19H,8-10,15H2,1H3. The second kappa shape index (κ2) is 7.69. The molecule has 3 rings (SSSR count). The Hall–Kier alpha value is -1.74. The van der Waals surface area contributed by atoms with E-state index in [9.17, 15) is 4.79 Å². The summed E-state index contributed by atoms with van der Waals surface area (Å²) in [7, 11) is 1.95. The largest absolute Gasteiger partial charge is 0.344 e. The van der Waals surface area contributed by atoms with Crippen molar-refractivity contribution in [2.24, 2.45) is 5.92 Å². The molecular formula is C20H23NOS. The molecule has 0 heterocycles. The van der Waals surface area contributed by atoms with Crippen molar-refractivity contribution in [2.45, 2.75) is 29.4 Å². The van der Waals surface area contributed by atoms with Gasteiger partial charge in [-0.3, -0.25) is 4.79 Å². The van der Waals surface area contributed by atoms with Crippen LogP contribution in [0.1, 0.15) is 30.1 Å². The van der Waals surface area contributed by atoms with Crippen LogP contribution in [-0.2, 0) is 4.79 Å². The maximum Gasteiger partial charge on any atom is 0.240 e. The third-order valence-corrected chi connectivity index (χ3v) is 5.71. The molecule has 1 fully saturated rings. The maximum atomic E-state index is 13.0. The van der Waals surface area contributed by atoms with Gasteiger partial charge in [0.2, 0.25) is 5.91 Å². The lowest BCUT2D eigenvalue weighted by molar-refractivity contribution is -0.130. The van der Waals surface area contributed by atoms with E-state index < -0.39 is 0 Å². The lowest BCUT2D eigenvalue weighted by Gasteiger charge is -2.32. The highest BCUT2D eigenvalue weighted by atomic mass is 32.2. The number of thioether (sulfide) groups is 1. The molecule has 0 spiro atoms. The molecule has 1 amide bonds. The van der Waals surface area contributed by atoms with Crippen molar-refractivity contribution in [1.82, 2.24) is 4.90 Å². The van der Waals surface area contributed by atoms with E-state index in [2.05, 4.69) is 24.3 Å². The second-order valence-electron chi connectivity index (χ2n) is 6.24. The average Bonchev–Trinajstić information content (AvgIpc) is 2.57. The number of carbonyl (C=O) groups is 1. The number of benzene rings is 2. The fourth-order valence-electron chi connectivity index (χ4n) is 2.88. The third-order valence-electron chi connectivity index (χ3n) is 4.46. The van der Waals surface area contributed by atoms with Gasteiger partial charge in [0, 0.05) is 18.5 Å². The molecule has 1 unspecified atom stereocenters. The van der Waals surface area contributed by atoms with Crippen molar-refractivity contribution in [3.05, 3.63) is 66.2 Å². The van der Waals surface area contributed by atoms with E-state index in [0.29, 0.717) is 5.92 Å². The third kappa shape index (κ3) is 4.17. The van der Waals surface area contributed by atoms with Crippen LogP contribution in [0.5, 0.6) is 0 Å². The minimum atomic E-state index is -0.177. The monoisotopic (exact) mass is 325 g/mol. The molecule has 23 heavy (non-hydrogen) atoms. The van der Waals surface area contributed by atoms with Crippen molar-refractivity contribution in [2.75, 3.05) is 13.6 Å². The summed E-state index contributed by atoms with van der Waals surface area (Å²) < 4.78 is 0. The Kier molecular flexibility index (Phi) is 5.39. The molecule has 1 aliphatic rings. The molecule has 1 atom stereocenters. The van der Waals surface area contributed by atoms with Crippen LogP contribution in [0.15, 0.2) is 65.6 Å². The Labute approximate surface area is 142 Å². The van der Waals surface area contributed by atoms with Crippen LogP contribution in [0, 0.1) is 5.92 Å². The minimum absolute atomic E-state index is 0.177. The first-order valence-corrected chi connectivity index (χ1v) is 9.13. The SMILES string of the molecule is CN(CC1CCC1)C(=O)C(Sc1ccccc1)c1ccccc1. The zero-order valence-electron chi connectivity index (χ0n) is 13.5. The van der Waals surface area contributed by atoms with Gasteiger partial charge in [0.15, 0.2) is 0 Å². The number of likely N-dealkylation sites (N-methyl/N-ethyl adjacent to an activating group) is 1. The summed E-state index contributed by atoms with van der Waals surface area (Å²) in [6, 6.07) is 20.3. The fraction of sp³-hybridized carbons (Fsp3) is 0.350. The quantitative estimate of drug-likeness (QED) is 0.713. The molecule has 1 saturated carbocycles. The molecule has 0 N–H and O–H groups in total. The van der Waals surface area contributed by atoms with Gasteiger partial charge in [0.1, 0.15) is 5.25 Å². The topological polar surface area (TPSA) is 20.3 Å². The molecule has 0 aliphatic heterocycles. The van der Waals surface area contributed by atoms with Gasteiger partial charge in [0.25, 0.3) is 0 Å². The number of hydrogen-bond acceptors (Lipinski definition) is 2. The zero-order chi connectivity index (χ0) is 16.1. The van der Waals surface area contributed by atoms with Gasteiger partial charge in [0.05, 0.1) is 0 Å². The Morgan fingerprint density at radius 1 is 1.09 bits per heavy atom. The van der Waals surface area contributed by atoms with Gasteiger partial charge in [-0.1, -0.05) is 55.0 Å². The van der Waals surface area contributed by atoms with Crippen LogP contribution in [-0.4, -0.2) is 24.4 Å². The summed E-state index contributed by atoms with van der Waals surface area (Å²) in [5.41, 5.74) is 1.08. The number of carbonyl (C=O) groups excluding carboxylic acids is 1. The predicted octanol–water partition coefficient (Wildman–Crippen LogP) is 4.78. The summed E-state index contributed by atoms with van der Waals surface area (Å²) >= 11 is 1.64. The van der Waals surface area contributed by atoms with Crippen LogP contribution < -0.4 is 0 Å². The van der Waals surface area contributed by atoms with Crippen LogP contribution in [0.25, 0.3) is 0 Å². The van der Waals surface area contributed by atoms with E-state index in [1.54, 1.807) is 11.8 Å². The summed E-state index contributed by atoms with van der Waals surface area (Å²) in [6.07, 6.45) is 3.84. The highest BCUT2D eigenvalue weighted by molar-refractivity contribution is 8.00. The van der Waals surface area contributed by atoms with E-state index in [0.717, 1.165) is 17.0 Å². The summed E-state index contributed by atoms with van der Waals surface area (Å²) in [5.74, 6) is 0.902. The van der Waals surface area contributed by atoms with E-state index in [-0.39, 0.29) is 11.2 Å². The van der Waals surface area contributed by atoms with Crippen LogP contribution in [0.3, 0.4) is 0 Å². The Balaban J connectivity index is 1.77.